The van der Waals surface area contributed by atoms with E-state index in [1.165, 1.54) is 53.9 Å². The fourth-order valence-electron chi connectivity index (χ4n) is 2.82. The zero-order valence-electron chi connectivity index (χ0n) is 9.85. The van der Waals surface area contributed by atoms with Crippen molar-refractivity contribution in [2.45, 2.75) is 38.6 Å². The second-order valence-corrected chi connectivity index (χ2v) is 6.18. The van der Waals surface area contributed by atoms with Gasteiger partial charge < -0.3 is 0 Å². The molecule has 0 aromatic carbocycles. The van der Waals surface area contributed by atoms with Crippen molar-refractivity contribution >= 4 is 11.3 Å². The fraction of sp³-hybridized carbons (Fsp3) is 0.500. The summed E-state index contributed by atoms with van der Waals surface area (Å²) in [6, 6.07) is 4.33. The molecule has 2 aromatic rings. The third-order valence-electron chi connectivity index (χ3n) is 3.89. The highest BCUT2D eigenvalue weighted by Gasteiger charge is 2.28. The van der Waals surface area contributed by atoms with Crippen LogP contribution in [0.5, 0.6) is 0 Å². The van der Waals surface area contributed by atoms with E-state index in [1.54, 1.807) is 0 Å². The maximum Gasteiger partial charge on any atom is 0.106 e. The predicted octanol–water partition coefficient (Wildman–Crippen LogP) is 3.51. The lowest BCUT2D eigenvalue weighted by Gasteiger charge is -2.03. The van der Waals surface area contributed by atoms with Gasteiger partial charge in [-0.3, -0.25) is 4.68 Å². The quantitative estimate of drug-likeness (QED) is 0.808. The number of nitrogens with zero attached hydrogens (tertiary/aromatic N) is 2. The molecule has 0 saturated heterocycles. The first kappa shape index (κ1) is 9.89. The third-order valence-corrected chi connectivity index (χ3v) is 4.77. The minimum atomic E-state index is 0.913. The number of thiophene rings is 1. The van der Waals surface area contributed by atoms with Gasteiger partial charge in [0.25, 0.3) is 0 Å². The van der Waals surface area contributed by atoms with Crippen LogP contribution in [0.4, 0.5) is 0 Å². The van der Waals surface area contributed by atoms with Crippen LogP contribution in [-0.2, 0) is 19.4 Å². The lowest BCUT2D eigenvalue weighted by Crippen LogP contribution is -2.05. The van der Waals surface area contributed by atoms with Crippen molar-refractivity contribution in [3.8, 4) is 10.6 Å². The first-order chi connectivity index (χ1) is 8.42. The first-order valence-electron chi connectivity index (χ1n) is 6.54. The molecule has 2 aliphatic rings. The van der Waals surface area contributed by atoms with E-state index >= 15 is 0 Å². The van der Waals surface area contributed by atoms with Gasteiger partial charge in [0.15, 0.2) is 0 Å². The molecule has 0 spiro atoms. The van der Waals surface area contributed by atoms with Crippen LogP contribution in [0.1, 0.15) is 30.5 Å². The van der Waals surface area contributed by atoms with E-state index in [2.05, 4.69) is 22.2 Å². The highest BCUT2D eigenvalue weighted by atomic mass is 32.1. The molecule has 2 aliphatic carbocycles. The van der Waals surface area contributed by atoms with E-state index in [-0.39, 0.29) is 0 Å². The maximum absolute atomic E-state index is 4.88. The Bertz CT molecular complexity index is 535. The molecule has 2 nitrogen and oxygen atoms in total. The number of hydrogen-bond acceptors (Lipinski definition) is 2. The van der Waals surface area contributed by atoms with Crippen molar-refractivity contribution in [1.82, 2.24) is 9.78 Å². The molecule has 3 heteroatoms. The van der Waals surface area contributed by atoms with Crippen molar-refractivity contribution in [2.75, 3.05) is 0 Å². The smallest absolute Gasteiger partial charge is 0.106 e. The van der Waals surface area contributed by atoms with Gasteiger partial charge in [-0.2, -0.15) is 5.10 Å². The number of aromatic nitrogens is 2. The van der Waals surface area contributed by atoms with Crippen molar-refractivity contribution in [2.24, 2.45) is 5.92 Å². The van der Waals surface area contributed by atoms with Crippen molar-refractivity contribution in [3.05, 3.63) is 28.8 Å². The zero-order chi connectivity index (χ0) is 11.2. The summed E-state index contributed by atoms with van der Waals surface area (Å²) in [6.45, 7) is 1.16. The van der Waals surface area contributed by atoms with Gasteiger partial charge in [0.2, 0.25) is 0 Å². The second kappa shape index (κ2) is 3.70. The Balaban J connectivity index is 1.79. The van der Waals surface area contributed by atoms with Gasteiger partial charge in [0.1, 0.15) is 5.69 Å². The molecule has 0 aliphatic heterocycles. The van der Waals surface area contributed by atoms with Crippen molar-refractivity contribution in [1.29, 1.82) is 0 Å². The predicted molar refractivity (Wildman–Crippen MR) is 70.3 cm³/mol. The Morgan fingerprint density at radius 3 is 3.06 bits per heavy atom. The van der Waals surface area contributed by atoms with Crippen LogP contribution in [0.2, 0.25) is 0 Å². The van der Waals surface area contributed by atoms with E-state index in [1.807, 2.05) is 11.3 Å². The Kier molecular flexibility index (Phi) is 2.15. The van der Waals surface area contributed by atoms with E-state index in [0.717, 1.165) is 12.5 Å². The molecule has 0 atom stereocenters. The SMILES string of the molecule is c1csc(-c2nn(CC3CC3)c3c2CCC3)c1. The molecular weight excluding hydrogens is 228 g/mol. The molecule has 2 aromatic heterocycles. The summed E-state index contributed by atoms with van der Waals surface area (Å²) < 4.78 is 2.31. The zero-order valence-corrected chi connectivity index (χ0v) is 10.7. The monoisotopic (exact) mass is 244 g/mol. The van der Waals surface area contributed by atoms with Gasteiger partial charge in [0, 0.05) is 17.8 Å². The minimum absolute atomic E-state index is 0.913. The molecule has 2 heterocycles. The largest absolute Gasteiger partial charge is 0.268 e. The molecule has 1 fully saturated rings. The van der Waals surface area contributed by atoms with Gasteiger partial charge in [0.05, 0.1) is 4.88 Å². The molecule has 0 unspecified atom stereocenters. The Morgan fingerprint density at radius 1 is 1.35 bits per heavy atom. The second-order valence-electron chi connectivity index (χ2n) is 5.23. The van der Waals surface area contributed by atoms with Gasteiger partial charge in [-0.05, 0) is 49.5 Å². The minimum Gasteiger partial charge on any atom is -0.268 e. The van der Waals surface area contributed by atoms with Crippen LogP contribution >= 0.6 is 11.3 Å². The summed E-state index contributed by atoms with van der Waals surface area (Å²) >= 11 is 1.81. The first-order valence-corrected chi connectivity index (χ1v) is 7.42. The van der Waals surface area contributed by atoms with E-state index in [9.17, 15) is 0 Å². The van der Waals surface area contributed by atoms with Crippen LogP contribution in [0.15, 0.2) is 17.5 Å². The van der Waals surface area contributed by atoms with Crippen LogP contribution in [0.25, 0.3) is 10.6 Å². The van der Waals surface area contributed by atoms with Gasteiger partial charge in [-0.25, -0.2) is 0 Å². The molecule has 17 heavy (non-hydrogen) atoms. The normalized spacial score (nSPS) is 18.6. The summed E-state index contributed by atoms with van der Waals surface area (Å²) in [5.74, 6) is 0.913. The molecule has 88 valence electrons. The van der Waals surface area contributed by atoms with E-state index in [0.29, 0.717) is 0 Å². The van der Waals surface area contributed by atoms with E-state index in [4.69, 9.17) is 5.10 Å². The molecule has 4 rings (SSSR count). The average molecular weight is 244 g/mol. The van der Waals surface area contributed by atoms with Crippen molar-refractivity contribution < 1.29 is 0 Å². The van der Waals surface area contributed by atoms with Crippen LogP contribution < -0.4 is 0 Å². The van der Waals surface area contributed by atoms with Gasteiger partial charge >= 0.3 is 0 Å². The average Bonchev–Trinajstić information content (AvgIpc) is 2.81. The highest BCUT2D eigenvalue weighted by Crippen LogP contribution is 2.37. The van der Waals surface area contributed by atoms with Gasteiger partial charge in [-0.1, -0.05) is 6.07 Å². The molecule has 1 saturated carbocycles. The maximum atomic E-state index is 4.88. The lowest BCUT2D eigenvalue weighted by atomic mass is 10.2. The summed E-state index contributed by atoms with van der Waals surface area (Å²) in [6.07, 6.45) is 6.59. The highest BCUT2D eigenvalue weighted by molar-refractivity contribution is 7.13. The van der Waals surface area contributed by atoms with Crippen LogP contribution in [0, 0.1) is 5.92 Å². The summed E-state index contributed by atoms with van der Waals surface area (Å²) in [5, 5.41) is 7.03. The summed E-state index contributed by atoms with van der Waals surface area (Å²) in [7, 11) is 0. The Hall–Kier alpha value is -1.09. The molecule has 0 amide bonds. The topological polar surface area (TPSA) is 17.8 Å². The number of rotatable bonds is 3. The third kappa shape index (κ3) is 1.64. The van der Waals surface area contributed by atoms with Crippen LogP contribution in [-0.4, -0.2) is 9.78 Å². The molecule has 0 radical (unpaired) electrons. The fourth-order valence-corrected chi connectivity index (χ4v) is 3.55. The Morgan fingerprint density at radius 2 is 2.29 bits per heavy atom. The van der Waals surface area contributed by atoms with Crippen molar-refractivity contribution in [3.63, 3.8) is 0 Å². The molecule has 0 N–H and O–H groups in total. The van der Waals surface area contributed by atoms with Crippen LogP contribution in [0.3, 0.4) is 0 Å². The summed E-state index contributed by atoms with van der Waals surface area (Å²) in [5.41, 5.74) is 4.33. The summed E-state index contributed by atoms with van der Waals surface area (Å²) in [4.78, 5) is 1.35. The number of fused-ring (bicyclic) bond motifs is 1. The van der Waals surface area contributed by atoms with E-state index < -0.39 is 0 Å². The Labute approximate surface area is 105 Å². The standard InChI is InChI=1S/C14H16N2S/c1-3-11-12(4-1)16(9-10-6-7-10)15-14(11)13-5-2-8-17-13/h2,5,8,10H,1,3-4,6-7,9H2. The van der Waals surface area contributed by atoms with Gasteiger partial charge in [-0.15, -0.1) is 11.3 Å². The molecule has 0 bridgehead atoms. The number of hydrogen-bond donors (Lipinski definition) is 0. The molecular formula is C14H16N2S. The lowest BCUT2D eigenvalue weighted by molar-refractivity contribution is 0.542.